The summed E-state index contributed by atoms with van der Waals surface area (Å²) >= 11 is 0. The lowest BCUT2D eigenvalue weighted by molar-refractivity contribution is 0.283. The van der Waals surface area contributed by atoms with Gasteiger partial charge in [-0.1, -0.05) is 0 Å². The molecule has 0 aliphatic carbocycles. The highest BCUT2D eigenvalue weighted by Crippen LogP contribution is 2.22. The molecular formula is C9H17NO. The van der Waals surface area contributed by atoms with Crippen LogP contribution in [0.15, 0.2) is 12.0 Å². The largest absolute Gasteiger partial charge is 0.503 e. The minimum Gasteiger partial charge on any atom is -0.503 e. The molecule has 0 radical (unpaired) electrons. The molecule has 1 aliphatic rings. The maximum atomic E-state index is 5.00. The molecule has 1 fully saturated rings. The summed E-state index contributed by atoms with van der Waals surface area (Å²) in [6.07, 6.45) is 4.31. The van der Waals surface area contributed by atoms with Gasteiger partial charge in [0.1, 0.15) is 6.26 Å². The fraction of sp³-hybridized carbons (Fsp3) is 0.778. The maximum Gasteiger partial charge on any atom is 0.102 e. The summed E-state index contributed by atoms with van der Waals surface area (Å²) in [6.45, 7) is 5.62. The van der Waals surface area contributed by atoms with Crippen LogP contribution in [-0.4, -0.2) is 24.6 Å². The molecule has 0 saturated carbocycles. The molecular weight excluding hydrogens is 138 g/mol. The highest BCUT2D eigenvalue weighted by Gasteiger charge is 2.18. The lowest BCUT2D eigenvalue weighted by Gasteiger charge is -2.23. The van der Waals surface area contributed by atoms with Crippen LogP contribution in [0.3, 0.4) is 0 Å². The van der Waals surface area contributed by atoms with Crippen LogP contribution in [0.25, 0.3) is 0 Å². The Morgan fingerprint density at radius 2 is 2.27 bits per heavy atom. The van der Waals surface area contributed by atoms with Gasteiger partial charge in [-0.05, 0) is 26.7 Å². The van der Waals surface area contributed by atoms with E-state index < -0.39 is 0 Å². The summed E-state index contributed by atoms with van der Waals surface area (Å²) < 4.78 is 5.00. The number of ether oxygens (including phenoxy) is 1. The molecule has 1 heterocycles. The Kier molecular flexibility index (Phi) is 2.80. The molecule has 1 saturated heterocycles. The van der Waals surface area contributed by atoms with Gasteiger partial charge in [0.15, 0.2) is 0 Å². The molecule has 0 aromatic rings. The van der Waals surface area contributed by atoms with Crippen LogP contribution in [-0.2, 0) is 4.74 Å². The van der Waals surface area contributed by atoms with Crippen molar-refractivity contribution >= 4 is 0 Å². The van der Waals surface area contributed by atoms with Gasteiger partial charge in [0.05, 0.1) is 7.11 Å². The molecule has 0 spiro atoms. The van der Waals surface area contributed by atoms with Crippen LogP contribution in [0.4, 0.5) is 0 Å². The molecule has 0 aromatic carbocycles. The van der Waals surface area contributed by atoms with E-state index in [-0.39, 0.29) is 0 Å². The van der Waals surface area contributed by atoms with E-state index in [2.05, 4.69) is 18.7 Å². The summed E-state index contributed by atoms with van der Waals surface area (Å²) in [7, 11) is 1.71. The van der Waals surface area contributed by atoms with Crippen LogP contribution in [0.2, 0.25) is 0 Å². The molecule has 1 rings (SSSR count). The van der Waals surface area contributed by atoms with Crippen molar-refractivity contribution in [3.63, 3.8) is 0 Å². The Morgan fingerprint density at radius 1 is 1.55 bits per heavy atom. The van der Waals surface area contributed by atoms with Crippen LogP contribution in [0.5, 0.6) is 0 Å². The molecule has 11 heavy (non-hydrogen) atoms. The number of nitrogens with zero attached hydrogens (tertiary/aromatic N) is 1. The fourth-order valence-corrected chi connectivity index (χ4v) is 1.57. The number of likely N-dealkylation sites (tertiary alicyclic amines) is 1. The highest BCUT2D eigenvalue weighted by atomic mass is 16.5. The number of allylic oxidation sites excluding steroid dienone is 1. The third kappa shape index (κ3) is 1.88. The Bertz CT molecular complexity index is 152. The minimum absolute atomic E-state index is 0.610. The molecule has 2 heteroatoms. The molecule has 1 aliphatic heterocycles. The van der Waals surface area contributed by atoms with E-state index in [1.807, 2.05) is 6.26 Å². The summed E-state index contributed by atoms with van der Waals surface area (Å²) in [5.41, 5.74) is 1.35. The van der Waals surface area contributed by atoms with Gasteiger partial charge in [-0.25, -0.2) is 0 Å². The molecule has 0 atom stereocenters. The second-order valence-corrected chi connectivity index (χ2v) is 3.24. The van der Waals surface area contributed by atoms with Crippen molar-refractivity contribution in [2.45, 2.75) is 32.7 Å². The molecule has 2 nitrogen and oxygen atoms in total. The monoisotopic (exact) mass is 155 g/mol. The van der Waals surface area contributed by atoms with E-state index in [9.17, 15) is 0 Å². The van der Waals surface area contributed by atoms with Gasteiger partial charge in [0.25, 0.3) is 0 Å². The van der Waals surface area contributed by atoms with Crippen LogP contribution in [0, 0.1) is 0 Å². The third-order valence-electron chi connectivity index (χ3n) is 2.08. The Hall–Kier alpha value is -0.660. The van der Waals surface area contributed by atoms with E-state index in [0.717, 1.165) is 0 Å². The third-order valence-corrected chi connectivity index (χ3v) is 2.08. The fourth-order valence-electron chi connectivity index (χ4n) is 1.57. The Morgan fingerprint density at radius 3 is 2.82 bits per heavy atom. The second kappa shape index (κ2) is 3.65. The smallest absolute Gasteiger partial charge is 0.102 e. The SMILES string of the molecule is CO/C=C1\CCCN1C(C)C. The Labute approximate surface area is 68.8 Å². The molecule has 64 valence electrons. The first-order valence-electron chi connectivity index (χ1n) is 4.24. The van der Waals surface area contributed by atoms with Crippen molar-refractivity contribution in [2.24, 2.45) is 0 Å². The molecule has 0 unspecified atom stereocenters. The zero-order chi connectivity index (χ0) is 8.27. The predicted octanol–water partition coefficient (Wildman–Crippen LogP) is 1.98. The van der Waals surface area contributed by atoms with Gasteiger partial charge in [0.2, 0.25) is 0 Å². The van der Waals surface area contributed by atoms with E-state index in [0.29, 0.717) is 6.04 Å². The van der Waals surface area contributed by atoms with E-state index in [1.54, 1.807) is 7.11 Å². The predicted molar refractivity (Wildman–Crippen MR) is 46.2 cm³/mol. The first kappa shape index (κ1) is 8.44. The maximum absolute atomic E-state index is 5.00. The van der Waals surface area contributed by atoms with Gasteiger partial charge in [-0.2, -0.15) is 0 Å². The van der Waals surface area contributed by atoms with E-state index >= 15 is 0 Å². The van der Waals surface area contributed by atoms with Crippen LogP contribution < -0.4 is 0 Å². The number of hydrogen-bond acceptors (Lipinski definition) is 2. The van der Waals surface area contributed by atoms with Crippen LogP contribution >= 0.6 is 0 Å². The minimum atomic E-state index is 0.610. The zero-order valence-electron chi connectivity index (χ0n) is 7.63. The quantitative estimate of drug-likeness (QED) is 0.565. The van der Waals surface area contributed by atoms with Crippen molar-refractivity contribution in [1.29, 1.82) is 0 Å². The van der Waals surface area contributed by atoms with Crippen LogP contribution in [0.1, 0.15) is 26.7 Å². The summed E-state index contributed by atoms with van der Waals surface area (Å²) in [4.78, 5) is 2.39. The highest BCUT2D eigenvalue weighted by molar-refractivity contribution is 5.03. The van der Waals surface area contributed by atoms with Crippen molar-refractivity contribution in [3.8, 4) is 0 Å². The second-order valence-electron chi connectivity index (χ2n) is 3.24. The number of rotatable bonds is 2. The average Bonchev–Trinajstić information content (AvgIpc) is 2.36. The molecule has 0 bridgehead atoms. The van der Waals surface area contributed by atoms with Gasteiger partial charge >= 0.3 is 0 Å². The van der Waals surface area contributed by atoms with Gasteiger partial charge in [-0.3, -0.25) is 0 Å². The number of methoxy groups -OCH3 is 1. The first-order chi connectivity index (χ1) is 5.25. The van der Waals surface area contributed by atoms with Gasteiger partial charge in [-0.15, -0.1) is 0 Å². The van der Waals surface area contributed by atoms with Gasteiger partial charge in [0, 0.05) is 18.3 Å². The van der Waals surface area contributed by atoms with Crippen molar-refractivity contribution in [3.05, 3.63) is 12.0 Å². The molecule has 0 amide bonds. The number of hydrogen-bond donors (Lipinski definition) is 0. The average molecular weight is 155 g/mol. The lowest BCUT2D eigenvalue weighted by atomic mass is 10.3. The lowest BCUT2D eigenvalue weighted by Crippen LogP contribution is -2.25. The standard InChI is InChI=1S/C9H17NO/c1-8(2)10-6-4-5-9(10)7-11-3/h7-8H,4-6H2,1-3H3/b9-7+. The normalized spacial score (nSPS) is 21.8. The van der Waals surface area contributed by atoms with E-state index in [4.69, 9.17) is 4.74 Å². The van der Waals surface area contributed by atoms with Gasteiger partial charge < -0.3 is 9.64 Å². The molecule has 0 aromatic heterocycles. The molecule has 0 N–H and O–H groups in total. The summed E-state index contributed by atoms with van der Waals surface area (Å²) in [6, 6.07) is 0.610. The summed E-state index contributed by atoms with van der Waals surface area (Å²) in [5, 5.41) is 0. The topological polar surface area (TPSA) is 12.5 Å². The van der Waals surface area contributed by atoms with Crippen molar-refractivity contribution < 1.29 is 4.74 Å². The van der Waals surface area contributed by atoms with Crippen molar-refractivity contribution in [1.82, 2.24) is 4.90 Å². The zero-order valence-corrected chi connectivity index (χ0v) is 7.63. The Balaban J connectivity index is 2.58. The summed E-state index contributed by atoms with van der Waals surface area (Å²) in [5.74, 6) is 0. The first-order valence-corrected chi connectivity index (χ1v) is 4.24. The van der Waals surface area contributed by atoms with Crippen molar-refractivity contribution in [2.75, 3.05) is 13.7 Å². The van der Waals surface area contributed by atoms with E-state index in [1.165, 1.54) is 25.1 Å².